The van der Waals surface area contributed by atoms with Gasteiger partial charge in [-0.15, -0.1) is 0 Å². The number of rotatable bonds is 17. The summed E-state index contributed by atoms with van der Waals surface area (Å²) in [5.74, 6) is -1.67. The second kappa shape index (κ2) is 19.1. The number of benzene rings is 2. The molecule has 1 aliphatic carbocycles. The van der Waals surface area contributed by atoms with E-state index in [4.69, 9.17) is 10.2 Å². The minimum atomic E-state index is -4.66. The molecule has 0 amide bonds. The van der Waals surface area contributed by atoms with Crippen LogP contribution in [0.5, 0.6) is 0 Å². The predicted octanol–water partition coefficient (Wildman–Crippen LogP) is 4.44. The summed E-state index contributed by atoms with van der Waals surface area (Å²) in [5.41, 5.74) is 5.91. The van der Waals surface area contributed by atoms with E-state index in [2.05, 4.69) is 39.9 Å². The third-order valence-corrected chi connectivity index (χ3v) is 12.7. The van der Waals surface area contributed by atoms with Crippen molar-refractivity contribution in [2.45, 2.75) is 119 Å². The van der Waals surface area contributed by atoms with Crippen LogP contribution >= 0.6 is 0 Å². The molecular formula is C42H51KN2O10S2. The average Bonchev–Trinajstić information content (AvgIpc) is 3.46. The molecule has 2 aromatic rings. The molecule has 0 aromatic heterocycles. The van der Waals surface area contributed by atoms with Crippen LogP contribution in [0.25, 0.3) is 0 Å². The first-order valence-corrected chi connectivity index (χ1v) is 21.9. The zero-order valence-corrected chi connectivity index (χ0v) is 38.2. The van der Waals surface area contributed by atoms with Crippen LogP contribution in [0.15, 0.2) is 93.4 Å². The summed E-state index contributed by atoms with van der Waals surface area (Å²) >= 11 is 0. The van der Waals surface area contributed by atoms with Crippen molar-refractivity contribution in [3.63, 3.8) is 0 Å². The molecule has 2 aliphatic heterocycles. The van der Waals surface area contributed by atoms with E-state index in [0.29, 0.717) is 38.8 Å². The molecule has 0 fully saturated rings. The summed E-state index contributed by atoms with van der Waals surface area (Å²) in [6.07, 6.45) is 17.1. The number of carboxylic acids is 2. The van der Waals surface area contributed by atoms with Crippen molar-refractivity contribution in [1.29, 1.82) is 0 Å². The fraction of sp³-hybridized carbons (Fsp3) is 0.452. The SMILES string of the molecule is CC1(C)C(/C=C/C2=CC(=C/C=C3/N(CCCCCC(=O)O)c4ccc(S(=O)(=O)[O-])cc4C3(C)C)/CCC2)=[N+](CCCCCC(=O)O)c2ccc(S(=O)(=O)[O-])cc21.[K+]. The Kier molecular flexibility index (Phi) is 15.7. The van der Waals surface area contributed by atoms with Gasteiger partial charge in [0.15, 0.2) is 5.71 Å². The van der Waals surface area contributed by atoms with Gasteiger partial charge < -0.3 is 24.2 Å². The van der Waals surface area contributed by atoms with Crippen LogP contribution in [0.3, 0.4) is 0 Å². The number of allylic oxidation sites excluding steroid dienone is 8. The number of carboxylic acid groups (broad SMARTS) is 2. The van der Waals surface area contributed by atoms with Crippen molar-refractivity contribution >= 4 is 49.3 Å². The summed E-state index contributed by atoms with van der Waals surface area (Å²) in [5, 5.41) is 18.1. The zero-order chi connectivity index (χ0) is 41.1. The Morgan fingerprint density at radius 3 is 1.98 bits per heavy atom. The summed E-state index contributed by atoms with van der Waals surface area (Å²) in [7, 11) is -9.33. The molecule has 0 spiro atoms. The predicted molar refractivity (Wildman–Crippen MR) is 211 cm³/mol. The third kappa shape index (κ3) is 11.3. The molecule has 2 heterocycles. The third-order valence-electron chi connectivity index (χ3n) is 11.1. The number of unbranched alkanes of at least 4 members (excludes halogenated alkanes) is 4. The molecule has 0 atom stereocenters. The van der Waals surface area contributed by atoms with E-state index in [-0.39, 0.29) is 74.0 Å². The standard InChI is InChI=1S/C42H52N2O10S2.K/c1-41(2)33-27-31(55(49,50)51)18-20-35(33)43(24-9-5-7-14-39(45)46)37(41)22-16-29-12-11-13-30(26-29)17-23-38-42(3,4)34-28-32(56(52,53)54)19-21-36(34)44(38)25-10-6-8-15-40(47)48;/h16-23,26-28H,5-15,24-25H2,1-4H3,(H3-,45,46,47,48,49,50,51,52,53,54);/q;+1/p-1. The molecule has 0 unspecified atom stereocenters. The maximum Gasteiger partial charge on any atom is 1.00 e. The number of anilines is 1. The number of aliphatic carboxylic acids is 2. The smallest absolute Gasteiger partial charge is 0.744 e. The molecule has 302 valence electrons. The Bertz CT molecular complexity index is 2270. The van der Waals surface area contributed by atoms with Crippen LogP contribution in [-0.2, 0) is 40.7 Å². The minimum Gasteiger partial charge on any atom is -0.744 e. The van der Waals surface area contributed by atoms with E-state index in [1.807, 2.05) is 27.7 Å². The molecule has 2 aromatic carbocycles. The number of hydrogen-bond donors (Lipinski definition) is 2. The summed E-state index contributed by atoms with van der Waals surface area (Å²) in [6.45, 7) is 9.18. The first-order valence-electron chi connectivity index (χ1n) is 19.1. The van der Waals surface area contributed by atoms with Gasteiger partial charge in [0, 0.05) is 60.3 Å². The first-order chi connectivity index (χ1) is 26.2. The van der Waals surface area contributed by atoms with Crippen LogP contribution in [0.2, 0.25) is 0 Å². The van der Waals surface area contributed by atoms with Gasteiger partial charge in [-0.1, -0.05) is 38.5 Å². The van der Waals surface area contributed by atoms with Crippen LogP contribution < -0.4 is 56.3 Å². The van der Waals surface area contributed by atoms with Gasteiger partial charge in [0.05, 0.1) is 15.2 Å². The van der Waals surface area contributed by atoms with Gasteiger partial charge in [-0.05, 0) is 112 Å². The van der Waals surface area contributed by atoms with Gasteiger partial charge in [-0.3, -0.25) is 9.59 Å². The summed E-state index contributed by atoms with van der Waals surface area (Å²) in [4.78, 5) is 23.7. The van der Waals surface area contributed by atoms with Gasteiger partial charge in [0.2, 0.25) is 5.69 Å². The van der Waals surface area contributed by atoms with Crippen molar-refractivity contribution < 1.29 is 102 Å². The monoisotopic (exact) mass is 846 g/mol. The van der Waals surface area contributed by atoms with E-state index in [0.717, 1.165) is 77.2 Å². The Balaban J connectivity index is 0.00000720. The molecule has 5 rings (SSSR count). The van der Waals surface area contributed by atoms with E-state index < -0.39 is 43.0 Å². The number of nitrogens with zero attached hydrogens (tertiary/aromatic N) is 2. The molecule has 2 N–H and O–H groups in total. The molecular weight excluding hydrogens is 796 g/mol. The normalized spacial score (nSPS) is 18.8. The van der Waals surface area contributed by atoms with Gasteiger partial charge in [0.1, 0.15) is 26.8 Å². The van der Waals surface area contributed by atoms with E-state index >= 15 is 0 Å². The fourth-order valence-corrected chi connectivity index (χ4v) is 9.06. The zero-order valence-electron chi connectivity index (χ0n) is 33.4. The van der Waals surface area contributed by atoms with Crippen LogP contribution in [0.4, 0.5) is 11.4 Å². The van der Waals surface area contributed by atoms with Crippen molar-refractivity contribution in [3.8, 4) is 0 Å². The van der Waals surface area contributed by atoms with E-state index in [1.165, 1.54) is 24.3 Å². The van der Waals surface area contributed by atoms with Crippen molar-refractivity contribution in [2.75, 3.05) is 18.0 Å². The number of hydrogen-bond acceptors (Lipinski definition) is 9. The van der Waals surface area contributed by atoms with Crippen LogP contribution in [-0.4, -0.2) is 71.5 Å². The average molecular weight is 847 g/mol. The van der Waals surface area contributed by atoms with Gasteiger partial charge in [-0.2, -0.15) is 4.58 Å². The summed E-state index contributed by atoms with van der Waals surface area (Å²) in [6, 6.07) is 8.96. The van der Waals surface area contributed by atoms with Gasteiger partial charge in [-0.25, -0.2) is 16.8 Å². The Morgan fingerprint density at radius 1 is 0.772 bits per heavy atom. The van der Waals surface area contributed by atoms with Crippen molar-refractivity contribution in [2.24, 2.45) is 0 Å². The van der Waals surface area contributed by atoms with Gasteiger partial charge in [0.25, 0.3) is 0 Å². The molecule has 0 saturated heterocycles. The second-order valence-electron chi connectivity index (χ2n) is 15.8. The molecule has 3 aliphatic rings. The number of fused-ring (bicyclic) bond motifs is 2. The van der Waals surface area contributed by atoms with Crippen molar-refractivity contribution in [1.82, 2.24) is 0 Å². The van der Waals surface area contributed by atoms with E-state index in [9.17, 15) is 35.5 Å². The Hall–Kier alpha value is -2.73. The van der Waals surface area contributed by atoms with Crippen LogP contribution in [0.1, 0.15) is 109 Å². The quantitative estimate of drug-likeness (QED) is 0.0990. The summed E-state index contributed by atoms with van der Waals surface area (Å²) < 4.78 is 73.8. The first kappa shape index (κ1) is 47.0. The fourth-order valence-electron chi connectivity index (χ4n) is 8.06. The molecule has 0 saturated carbocycles. The van der Waals surface area contributed by atoms with Crippen LogP contribution in [0, 0.1) is 0 Å². The maximum absolute atomic E-state index is 11.9. The molecule has 12 nitrogen and oxygen atoms in total. The maximum atomic E-state index is 11.9. The second-order valence-corrected chi connectivity index (χ2v) is 18.6. The topological polar surface area (TPSA) is 195 Å². The molecule has 0 radical (unpaired) electrons. The van der Waals surface area contributed by atoms with E-state index in [1.54, 1.807) is 12.1 Å². The Labute approximate surface area is 379 Å². The largest absolute Gasteiger partial charge is 1.00 e. The molecule has 57 heavy (non-hydrogen) atoms. The molecule has 0 bridgehead atoms. The minimum absolute atomic E-state index is 0. The Morgan fingerprint density at radius 2 is 1.37 bits per heavy atom. The molecule has 15 heteroatoms. The number of carbonyl (C=O) groups is 2. The van der Waals surface area contributed by atoms with Crippen molar-refractivity contribution in [3.05, 3.63) is 94.7 Å². The van der Waals surface area contributed by atoms with Gasteiger partial charge >= 0.3 is 63.3 Å².